The van der Waals surface area contributed by atoms with Crippen molar-refractivity contribution in [3.8, 4) is 0 Å². The van der Waals surface area contributed by atoms with Crippen LogP contribution in [0.15, 0.2) is 18.2 Å². The van der Waals surface area contributed by atoms with Gasteiger partial charge < -0.3 is 10.0 Å². The lowest BCUT2D eigenvalue weighted by Gasteiger charge is -2.24. The Bertz CT molecular complexity index is 459. The van der Waals surface area contributed by atoms with E-state index < -0.39 is 5.97 Å². The van der Waals surface area contributed by atoms with Crippen molar-refractivity contribution in [1.82, 2.24) is 4.90 Å². The third kappa shape index (κ3) is 3.61. The lowest BCUT2D eigenvalue weighted by Crippen LogP contribution is -2.27. The van der Waals surface area contributed by atoms with E-state index in [2.05, 4.69) is 11.0 Å². The average molecular weight is 283 g/mol. The summed E-state index contributed by atoms with van der Waals surface area (Å²) in [5, 5.41) is 9.54. The molecule has 1 fully saturated rings. The van der Waals surface area contributed by atoms with Gasteiger partial charge in [-0.25, -0.2) is 0 Å². The quantitative estimate of drug-likeness (QED) is 0.901. The van der Waals surface area contributed by atoms with Gasteiger partial charge in [-0.3, -0.25) is 9.69 Å². The maximum atomic E-state index is 10.7. The summed E-state index contributed by atoms with van der Waals surface area (Å²) in [6.07, 6.45) is 2.41. The first-order valence-electron chi connectivity index (χ1n) is 6.50. The third-order valence-electron chi connectivity index (χ3n) is 3.37. The molecule has 4 nitrogen and oxygen atoms in total. The van der Waals surface area contributed by atoms with Crippen molar-refractivity contribution in [2.75, 3.05) is 31.6 Å². The smallest absolute Gasteiger partial charge is 0.317 e. The number of carboxylic acid groups (broad SMARTS) is 1. The first-order valence-corrected chi connectivity index (χ1v) is 6.88. The molecule has 1 aromatic carbocycles. The van der Waals surface area contributed by atoms with E-state index >= 15 is 0 Å². The Balaban J connectivity index is 2.19. The summed E-state index contributed by atoms with van der Waals surface area (Å²) in [5.41, 5.74) is 2.16. The van der Waals surface area contributed by atoms with Gasteiger partial charge in [0.2, 0.25) is 0 Å². The standard InChI is InChI=1S/C14H19ClN2O2/c1-16(10-14(18)19)9-11-12(15)5-4-6-13(11)17-7-2-3-8-17/h4-6H,2-3,7-10H2,1H3,(H,18,19). The van der Waals surface area contributed by atoms with Crippen molar-refractivity contribution < 1.29 is 9.90 Å². The zero-order valence-corrected chi connectivity index (χ0v) is 11.9. The van der Waals surface area contributed by atoms with Crippen LogP contribution in [-0.4, -0.2) is 42.7 Å². The summed E-state index contributed by atoms with van der Waals surface area (Å²) in [7, 11) is 1.80. The monoisotopic (exact) mass is 282 g/mol. The van der Waals surface area contributed by atoms with Gasteiger partial charge in [-0.1, -0.05) is 17.7 Å². The SMILES string of the molecule is CN(CC(=O)O)Cc1c(Cl)cccc1N1CCCC1. The molecule has 1 heterocycles. The van der Waals surface area contributed by atoms with Crippen LogP contribution in [0, 0.1) is 0 Å². The molecule has 2 rings (SSSR count). The minimum atomic E-state index is -0.822. The predicted molar refractivity (Wildman–Crippen MR) is 76.9 cm³/mol. The van der Waals surface area contributed by atoms with Gasteiger partial charge in [0.1, 0.15) is 0 Å². The van der Waals surface area contributed by atoms with Gasteiger partial charge in [-0.2, -0.15) is 0 Å². The molecule has 1 aromatic rings. The number of anilines is 1. The number of carbonyl (C=O) groups is 1. The van der Waals surface area contributed by atoms with Gasteiger partial charge in [-0.05, 0) is 32.0 Å². The Labute approximate surface area is 118 Å². The Kier molecular flexibility index (Phi) is 4.66. The fourth-order valence-electron chi connectivity index (χ4n) is 2.51. The minimum Gasteiger partial charge on any atom is -0.480 e. The predicted octanol–water partition coefficient (Wildman–Crippen LogP) is 2.46. The zero-order valence-electron chi connectivity index (χ0n) is 11.1. The third-order valence-corrected chi connectivity index (χ3v) is 3.73. The highest BCUT2D eigenvalue weighted by atomic mass is 35.5. The number of benzene rings is 1. The van der Waals surface area contributed by atoms with Crippen molar-refractivity contribution in [3.63, 3.8) is 0 Å². The van der Waals surface area contributed by atoms with E-state index in [9.17, 15) is 4.79 Å². The van der Waals surface area contributed by atoms with Crippen molar-refractivity contribution in [1.29, 1.82) is 0 Å². The Morgan fingerprint density at radius 1 is 1.42 bits per heavy atom. The van der Waals surface area contributed by atoms with Gasteiger partial charge in [0, 0.05) is 35.9 Å². The fraction of sp³-hybridized carbons (Fsp3) is 0.500. The first-order chi connectivity index (χ1) is 9.08. The Hall–Kier alpha value is -1.26. The molecule has 1 aliphatic rings. The number of halogens is 1. The second kappa shape index (κ2) is 6.26. The number of rotatable bonds is 5. The number of aliphatic carboxylic acids is 1. The molecule has 0 unspecified atom stereocenters. The van der Waals surface area contributed by atoms with Crippen LogP contribution in [0.5, 0.6) is 0 Å². The van der Waals surface area contributed by atoms with E-state index in [1.165, 1.54) is 12.8 Å². The van der Waals surface area contributed by atoms with E-state index in [4.69, 9.17) is 16.7 Å². The number of nitrogens with zero attached hydrogens (tertiary/aromatic N) is 2. The second-order valence-electron chi connectivity index (χ2n) is 5.00. The maximum Gasteiger partial charge on any atom is 0.317 e. The fourth-order valence-corrected chi connectivity index (χ4v) is 2.74. The van der Waals surface area contributed by atoms with Crippen LogP contribution >= 0.6 is 11.6 Å². The normalized spacial score (nSPS) is 15.2. The number of carboxylic acids is 1. The van der Waals surface area contributed by atoms with E-state index in [0.29, 0.717) is 11.6 Å². The van der Waals surface area contributed by atoms with Gasteiger partial charge in [0.05, 0.1) is 6.54 Å². The van der Waals surface area contributed by atoms with Crippen molar-refractivity contribution >= 4 is 23.3 Å². The molecular weight excluding hydrogens is 264 g/mol. The molecule has 1 aliphatic heterocycles. The van der Waals surface area contributed by atoms with Crippen molar-refractivity contribution in [2.24, 2.45) is 0 Å². The lowest BCUT2D eigenvalue weighted by molar-refractivity contribution is -0.138. The van der Waals surface area contributed by atoms with Crippen LogP contribution in [-0.2, 0) is 11.3 Å². The molecule has 0 radical (unpaired) electrons. The lowest BCUT2D eigenvalue weighted by atomic mass is 10.1. The Morgan fingerprint density at radius 2 is 2.11 bits per heavy atom. The summed E-state index contributed by atoms with van der Waals surface area (Å²) in [5.74, 6) is -0.822. The number of likely N-dealkylation sites (N-methyl/N-ethyl adjacent to an activating group) is 1. The second-order valence-corrected chi connectivity index (χ2v) is 5.40. The number of hydrogen-bond donors (Lipinski definition) is 1. The molecule has 19 heavy (non-hydrogen) atoms. The van der Waals surface area contributed by atoms with Gasteiger partial charge >= 0.3 is 5.97 Å². The summed E-state index contributed by atoms with van der Waals surface area (Å²) >= 11 is 6.29. The molecular formula is C14H19ClN2O2. The molecule has 0 aliphatic carbocycles. The molecule has 0 atom stereocenters. The first kappa shape index (κ1) is 14.2. The molecule has 0 saturated carbocycles. The highest BCUT2D eigenvalue weighted by Gasteiger charge is 2.18. The van der Waals surface area contributed by atoms with Crippen LogP contribution in [0.2, 0.25) is 5.02 Å². The molecule has 0 spiro atoms. The van der Waals surface area contributed by atoms with Crippen LogP contribution in [0.1, 0.15) is 18.4 Å². The van der Waals surface area contributed by atoms with Crippen LogP contribution in [0.25, 0.3) is 0 Å². The summed E-state index contributed by atoms with van der Waals surface area (Å²) < 4.78 is 0. The zero-order chi connectivity index (χ0) is 13.8. The topological polar surface area (TPSA) is 43.8 Å². The molecule has 1 N–H and O–H groups in total. The summed E-state index contributed by atoms with van der Waals surface area (Å²) in [4.78, 5) is 14.8. The largest absolute Gasteiger partial charge is 0.480 e. The van der Waals surface area contributed by atoms with Crippen molar-refractivity contribution in [2.45, 2.75) is 19.4 Å². The molecule has 5 heteroatoms. The molecule has 0 amide bonds. The average Bonchev–Trinajstić information content (AvgIpc) is 2.84. The summed E-state index contributed by atoms with van der Waals surface area (Å²) in [6, 6.07) is 5.89. The highest BCUT2D eigenvalue weighted by molar-refractivity contribution is 6.31. The van der Waals surface area contributed by atoms with Crippen LogP contribution < -0.4 is 4.90 Å². The van der Waals surface area contributed by atoms with Crippen LogP contribution in [0.3, 0.4) is 0 Å². The maximum absolute atomic E-state index is 10.7. The van der Waals surface area contributed by atoms with Crippen molar-refractivity contribution in [3.05, 3.63) is 28.8 Å². The van der Waals surface area contributed by atoms with E-state index in [-0.39, 0.29) is 6.54 Å². The van der Waals surface area contributed by atoms with E-state index in [1.807, 2.05) is 12.1 Å². The molecule has 0 bridgehead atoms. The van der Waals surface area contributed by atoms with Gasteiger partial charge in [-0.15, -0.1) is 0 Å². The van der Waals surface area contributed by atoms with E-state index in [1.54, 1.807) is 11.9 Å². The molecule has 0 aromatic heterocycles. The van der Waals surface area contributed by atoms with Gasteiger partial charge in [0.25, 0.3) is 0 Å². The van der Waals surface area contributed by atoms with Gasteiger partial charge in [0.15, 0.2) is 0 Å². The minimum absolute atomic E-state index is 0.0185. The molecule has 104 valence electrons. The summed E-state index contributed by atoms with van der Waals surface area (Å²) in [6.45, 7) is 2.68. The highest BCUT2D eigenvalue weighted by Crippen LogP contribution is 2.30. The van der Waals surface area contributed by atoms with E-state index in [0.717, 1.165) is 24.3 Å². The number of hydrogen-bond acceptors (Lipinski definition) is 3. The molecule has 1 saturated heterocycles. The van der Waals surface area contributed by atoms with Crippen LogP contribution in [0.4, 0.5) is 5.69 Å². The Morgan fingerprint density at radius 3 is 2.74 bits per heavy atom.